The molecular weight excluding hydrogens is 369 g/mol. The summed E-state index contributed by atoms with van der Waals surface area (Å²) in [5.74, 6) is 0.211. The van der Waals surface area contributed by atoms with Gasteiger partial charge >= 0.3 is 6.09 Å². The summed E-state index contributed by atoms with van der Waals surface area (Å²) in [6.07, 6.45) is -0.458. The van der Waals surface area contributed by atoms with E-state index >= 15 is 0 Å². The van der Waals surface area contributed by atoms with E-state index in [1.165, 1.54) is 4.90 Å². The number of hydrogen-bond acceptors (Lipinski definition) is 4. The molecule has 0 aliphatic carbocycles. The minimum absolute atomic E-state index is 0.195. The summed E-state index contributed by atoms with van der Waals surface area (Å²) in [6, 6.07) is 7.76. The van der Waals surface area contributed by atoms with Gasteiger partial charge in [-0.15, -0.1) is 0 Å². The van der Waals surface area contributed by atoms with E-state index in [9.17, 15) is 4.79 Å². The molecule has 1 aliphatic heterocycles. The van der Waals surface area contributed by atoms with E-state index in [1.807, 2.05) is 45.0 Å². The molecule has 0 spiro atoms. The van der Waals surface area contributed by atoms with Gasteiger partial charge in [0.15, 0.2) is 0 Å². The van der Waals surface area contributed by atoms with Crippen molar-refractivity contribution in [3.05, 3.63) is 33.4 Å². The standard InChI is InChI=1S/C14H18IN3O2/c1-14(2,3)20-13(19)18-11(8-17-12(18)16)9-5-4-6-10(15)7-9/h4-7,11H,8H2,1-3H3,(H2,16,17). The monoisotopic (exact) mass is 387 g/mol. The van der Waals surface area contributed by atoms with Crippen LogP contribution in [0.15, 0.2) is 29.3 Å². The van der Waals surface area contributed by atoms with Crippen LogP contribution in [0.25, 0.3) is 0 Å². The molecule has 0 aromatic heterocycles. The second-order valence-corrected chi connectivity index (χ2v) is 6.87. The van der Waals surface area contributed by atoms with Gasteiger partial charge in [-0.05, 0) is 61.1 Å². The van der Waals surface area contributed by atoms with Crippen LogP contribution in [0.2, 0.25) is 0 Å². The highest BCUT2D eigenvalue weighted by molar-refractivity contribution is 14.1. The number of amides is 1. The zero-order valence-electron chi connectivity index (χ0n) is 11.8. The highest BCUT2D eigenvalue weighted by Gasteiger charge is 2.35. The summed E-state index contributed by atoms with van der Waals surface area (Å²) in [6.45, 7) is 5.95. The summed E-state index contributed by atoms with van der Waals surface area (Å²) >= 11 is 2.24. The van der Waals surface area contributed by atoms with E-state index in [4.69, 9.17) is 10.5 Å². The van der Waals surface area contributed by atoms with Gasteiger partial charge in [0.05, 0.1) is 12.6 Å². The Balaban J connectivity index is 2.25. The first-order chi connectivity index (χ1) is 9.28. The fraction of sp³-hybridized carbons (Fsp3) is 0.429. The number of ether oxygens (including phenoxy) is 1. The third kappa shape index (κ3) is 3.41. The van der Waals surface area contributed by atoms with Crippen molar-refractivity contribution in [1.82, 2.24) is 4.90 Å². The predicted octanol–water partition coefficient (Wildman–Crippen LogP) is 2.90. The number of hydrogen-bond donors (Lipinski definition) is 1. The van der Waals surface area contributed by atoms with Crippen molar-refractivity contribution in [2.45, 2.75) is 32.4 Å². The van der Waals surface area contributed by atoms with Crippen molar-refractivity contribution in [3.8, 4) is 0 Å². The van der Waals surface area contributed by atoms with Gasteiger partial charge in [-0.2, -0.15) is 0 Å². The van der Waals surface area contributed by atoms with Gasteiger partial charge in [0.25, 0.3) is 0 Å². The fourth-order valence-electron chi connectivity index (χ4n) is 2.00. The number of halogens is 1. The molecule has 1 atom stereocenters. The molecule has 1 unspecified atom stereocenters. The van der Waals surface area contributed by atoms with Gasteiger partial charge in [-0.1, -0.05) is 12.1 Å². The minimum atomic E-state index is -0.560. The molecule has 0 saturated heterocycles. The van der Waals surface area contributed by atoms with Crippen LogP contribution in [0.3, 0.4) is 0 Å². The highest BCUT2D eigenvalue weighted by atomic mass is 127. The van der Waals surface area contributed by atoms with Crippen LogP contribution in [0, 0.1) is 3.57 Å². The van der Waals surface area contributed by atoms with Crippen LogP contribution in [0.1, 0.15) is 32.4 Å². The van der Waals surface area contributed by atoms with E-state index in [-0.39, 0.29) is 12.0 Å². The van der Waals surface area contributed by atoms with Crippen LogP contribution >= 0.6 is 22.6 Å². The molecule has 0 bridgehead atoms. The number of nitrogens with two attached hydrogens (primary N) is 1. The van der Waals surface area contributed by atoms with Crippen LogP contribution in [0.4, 0.5) is 4.79 Å². The second kappa shape index (κ2) is 5.59. The Labute approximate surface area is 132 Å². The van der Waals surface area contributed by atoms with Crippen LogP contribution < -0.4 is 5.73 Å². The van der Waals surface area contributed by atoms with Gasteiger partial charge in [-0.3, -0.25) is 4.99 Å². The molecule has 1 amide bonds. The van der Waals surface area contributed by atoms with Crippen LogP contribution in [-0.2, 0) is 4.74 Å². The van der Waals surface area contributed by atoms with Gasteiger partial charge < -0.3 is 10.5 Å². The molecule has 0 fully saturated rings. The van der Waals surface area contributed by atoms with Crippen LogP contribution in [0.5, 0.6) is 0 Å². The van der Waals surface area contributed by atoms with Gasteiger partial charge in [0.2, 0.25) is 5.96 Å². The maximum Gasteiger partial charge on any atom is 0.417 e. The van der Waals surface area contributed by atoms with Gasteiger partial charge in [0, 0.05) is 3.57 Å². The summed E-state index contributed by atoms with van der Waals surface area (Å²) < 4.78 is 6.50. The first kappa shape index (κ1) is 15.1. The Morgan fingerprint density at radius 1 is 1.50 bits per heavy atom. The number of benzene rings is 1. The average Bonchev–Trinajstić information content (AvgIpc) is 2.69. The van der Waals surface area contributed by atoms with Crippen molar-refractivity contribution in [2.75, 3.05) is 6.54 Å². The number of carbonyl (C=O) groups is 1. The Hall–Kier alpha value is -1.31. The quantitative estimate of drug-likeness (QED) is 0.754. The van der Waals surface area contributed by atoms with E-state index in [2.05, 4.69) is 27.6 Å². The Bertz CT molecular complexity index is 552. The molecular formula is C14H18IN3O2. The molecule has 1 aliphatic rings. The molecule has 0 saturated carbocycles. The van der Waals surface area contributed by atoms with Crippen molar-refractivity contribution in [3.63, 3.8) is 0 Å². The van der Waals surface area contributed by atoms with Crippen molar-refractivity contribution < 1.29 is 9.53 Å². The van der Waals surface area contributed by atoms with Crippen LogP contribution in [-0.4, -0.2) is 29.1 Å². The highest BCUT2D eigenvalue weighted by Crippen LogP contribution is 2.28. The van der Waals surface area contributed by atoms with Crippen molar-refractivity contribution >= 4 is 34.6 Å². The zero-order chi connectivity index (χ0) is 14.9. The summed E-state index contributed by atoms with van der Waals surface area (Å²) in [5.41, 5.74) is 6.28. The average molecular weight is 387 g/mol. The number of guanidine groups is 1. The Morgan fingerprint density at radius 2 is 2.20 bits per heavy atom. The summed E-state index contributed by atoms with van der Waals surface area (Å²) in [7, 11) is 0. The smallest absolute Gasteiger partial charge is 0.417 e. The number of carbonyl (C=O) groups excluding carboxylic acids is 1. The summed E-state index contributed by atoms with van der Waals surface area (Å²) in [5, 5.41) is 0. The second-order valence-electron chi connectivity index (χ2n) is 5.62. The third-order valence-corrected chi connectivity index (χ3v) is 3.48. The third-order valence-electron chi connectivity index (χ3n) is 2.81. The minimum Gasteiger partial charge on any atom is -0.443 e. The van der Waals surface area contributed by atoms with E-state index in [1.54, 1.807) is 0 Å². The lowest BCUT2D eigenvalue weighted by Gasteiger charge is -2.28. The lowest BCUT2D eigenvalue weighted by Crippen LogP contribution is -2.43. The fourth-order valence-corrected chi connectivity index (χ4v) is 2.56. The van der Waals surface area contributed by atoms with E-state index in [0.29, 0.717) is 6.54 Å². The normalized spacial score (nSPS) is 18.9. The zero-order valence-corrected chi connectivity index (χ0v) is 13.9. The van der Waals surface area contributed by atoms with E-state index < -0.39 is 11.7 Å². The number of rotatable bonds is 1. The molecule has 5 nitrogen and oxygen atoms in total. The van der Waals surface area contributed by atoms with Gasteiger partial charge in [-0.25, -0.2) is 9.69 Å². The molecule has 1 aromatic rings. The SMILES string of the molecule is CC(C)(C)OC(=O)N1C(N)=NCC1c1cccc(I)c1. The molecule has 0 radical (unpaired) electrons. The van der Waals surface area contributed by atoms with Gasteiger partial charge in [0.1, 0.15) is 5.60 Å². The molecule has 6 heteroatoms. The number of aliphatic imine (C=N–C) groups is 1. The largest absolute Gasteiger partial charge is 0.443 e. The predicted molar refractivity (Wildman–Crippen MR) is 86.5 cm³/mol. The lowest BCUT2D eigenvalue weighted by molar-refractivity contribution is 0.0329. The molecule has 108 valence electrons. The Kier molecular flexibility index (Phi) is 4.22. The number of nitrogens with zero attached hydrogens (tertiary/aromatic N) is 2. The topological polar surface area (TPSA) is 67.9 Å². The Morgan fingerprint density at radius 3 is 2.80 bits per heavy atom. The molecule has 20 heavy (non-hydrogen) atoms. The first-order valence-electron chi connectivity index (χ1n) is 6.35. The molecule has 2 rings (SSSR count). The van der Waals surface area contributed by atoms with Crippen molar-refractivity contribution in [1.29, 1.82) is 0 Å². The first-order valence-corrected chi connectivity index (χ1v) is 7.43. The van der Waals surface area contributed by atoms with E-state index in [0.717, 1.165) is 9.13 Å². The van der Waals surface area contributed by atoms with Crippen molar-refractivity contribution in [2.24, 2.45) is 10.7 Å². The maximum atomic E-state index is 12.3. The maximum absolute atomic E-state index is 12.3. The molecule has 1 aromatic carbocycles. The summed E-state index contributed by atoms with van der Waals surface area (Å²) in [4.78, 5) is 17.9. The molecule has 1 heterocycles. The molecule has 2 N–H and O–H groups in total. The lowest BCUT2D eigenvalue weighted by atomic mass is 10.1.